The van der Waals surface area contributed by atoms with Crippen LogP contribution in [0.1, 0.15) is 38.7 Å². The Balaban J connectivity index is 1.83. The van der Waals surface area contributed by atoms with Crippen molar-refractivity contribution in [3.8, 4) is 0 Å². The molecule has 23 heavy (non-hydrogen) atoms. The molecule has 2 N–H and O–H groups in total. The summed E-state index contributed by atoms with van der Waals surface area (Å²) in [5.74, 6) is 0.252. The zero-order valence-electron chi connectivity index (χ0n) is 14.5. The third-order valence-electron chi connectivity index (χ3n) is 4.50. The van der Waals surface area contributed by atoms with Gasteiger partial charge in [-0.3, -0.25) is 4.79 Å². The van der Waals surface area contributed by atoms with E-state index in [1.54, 1.807) is 0 Å². The molecule has 0 radical (unpaired) electrons. The van der Waals surface area contributed by atoms with Crippen molar-refractivity contribution in [2.45, 2.75) is 45.6 Å². The number of carbonyl (C=O) groups is 1. The van der Waals surface area contributed by atoms with Crippen LogP contribution in [0.3, 0.4) is 0 Å². The van der Waals surface area contributed by atoms with E-state index < -0.39 is 0 Å². The number of hydrogen-bond donors (Lipinski definition) is 1. The molecule has 0 spiro atoms. The second kappa shape index (κ2) is 8.46. The van der Waals surface area contributed by atoms with Gasteiger partial charge in [0.25, 0.3) is 0 Å². The van der Waals surface area contributed by atoms with Crippen molar-refractivity contribution in [3.63, 3.8) is 0 Å². The summed E-state index contributed by atoms with van der Waals surface area (Å²) in [6.45, 7) is 7.09. The van der Waals surface area contributed by atoms with E-state index in [-0.39, 0.29) is 17.4 Å². The lowest BCUT2D eigenvalue weighted by atomic mass is 9.83. The molecule has 1 aromatic carbocycles. The Morgan fingerprint density at radius 2 is 1.91 bits per heavy atom. The van der Waals surface area contributed by atoms with E-state index in [9.17, 15) is 4.79 Å². The predicted molar refractivity (Wildman–Crippen MR) is 93.2 cm³/mol. The Hall–Kier alpha value is -1.39. The number of hydrogen-bond acceptors (Lipinski definition) is 3. The van der Waals surface area contributed by atoms with E-state index in [4.69, 9.17) is 10.5 Å². The maximum Gasteiger partial charge on any atom is 0.228 e. The van der Waals surface area contributed by atoms with Crippen LogP contribution in [0.4, 0.5) is 0 Å². The first kappa shape index (κ1) is 18.0. The second-order valence-corrected chi connectivity index (χ2v) is 7.05. The molecule has 128 valence electrons. The molecule has 1 aliphatic heterocycles. The quantitative estimate of drug-likeness (QED) is 0.786. The number of amides is 1. The van der Waals surface area contributed by atoms with Gasteiger partial charge >= 0.3 is 0 Å². The largest absolute Gasteiger partial charge is 0.378 e. The second-order valence-electron chi connectivity index (χ2n) is 7.05. The fraction of sp³-hybridized carbons (Fsp3) is 0.632. The lowest BCUT2D eigenvalue weighted by molar-refractivity contribution is -0.143. The van der Waals surface area contributed by atoms with E-state index in [1.165, 1.54) is 5.56 Å². The van der Waals surface area contributed by atoms with Crippen LogP contribution in [0, 0.1) is 5.41 Å². The zero-order chi connectivity index (χ0) is 16.7. The molecular formula is C19H30N2O2. The number of carbonyl (C=O) groups excluding carboxylic acids is 1. The Kier molecular flexibility index (Phi) is 6.60. The van der Waals surface area contributed by atoms with Crippen LogP contribution < -0.4 is 5.73 Å². The van der Waals surface area contributed by atoms with E-state index in [1.807, 2.05) is 36.9 Å². The topological polar surface area (TPSA) is 55.6 Å². The standard InChI is InChI=1S/C19H30N2O2/c1-19(2,15-16-7-4-3-5-8-16)18(22)21-12-9-17(10-13-21)23-14-6-11-20/h3-5,7-8,17H,6,9-15,20H2,1-2H3. The van der Waals surface area contributed by atoms with Gasteiger partial charge in [-0.25, -0.2) is 0 Å². The molecule has 1 fully saturated rings. The molecule has 0 bridgehead atoms. The van der Waals surface area contributed by atoms with Gasteiger partial charge in [0.15, 0.2) is 0 Å². The summed E-state index contributed by atoms with van der Waals surface area (Å²) in [5.41, 5.74) is 6.33. The summed E-state index contributed by atoms with van der Waals surface area (Å²) in [6.07, 6.45) is 3.82. The highest BCUT2D eigenvalue weighted by molar-refractivity contribution is 5.82. The fourth-order valence-corrected chi connectivity index (χ4v) is 3.17. The molecule has 1 heterocycles. The highest BCUT2D eigenvalue weighted by Crippen LogP contribution is 2.27. The monoisotopic (exact) mass is 318 g/mol. The minimum atomic E-state index is -0.366. The molecule has 0 aliphatic carbocycles. The first-order valence-electron chi connectivity index (χ1n) is 8.68. The van der Waals surface area contributed by atoms with Gasteiger partial charge < -0.3 is 15.4 Å². The number of ether oxygens (including phenoxy) is 1. The van der Waals surface area contributed by atoms with E-state index in [0.29, 0.717) is 6.54 Å². The SMILES string of the molecule is CC(C)(Cc1ccccc1)C(=O)N1CCC(OCCCN)CC1. The third-order valence-corrected chi connectivity index (χ3v) is 4.50. The van der Waals surface area contributed by atoms with Gasteiger partial charge in [0.05, 0.1) is 6.10 Å². The summed E-state index contributed by atoms with van der Waals surface area (Å²) in [5, 5.41) is 0. The summed E-state index contributed by atoms with van der Waals surface area (Å²) in [4.78, 5) is 14.9. The molecule has 1 aromatic rings. The lowest BCUT2D eigenvalue weighted by Gasteiger charge is -2.37. The van der Waals surface area contributed by atoms with Crippen molar-refractivity contribution >= 4 is 5.91 Å². The van der Waals surface area contributed by atoms with Gasteiger partial charge in [-0.05, 0) is 37.8 Å². The molecule has 0 saturated carbocycles. The fourth-order valence-electron chi connectivity index (χ4n) is 3.17. The molecule has 1 amide bonds. The van der Waals surface area contributed by atoms with E-state index in [2.05, 4.69) is 12.1 Å². The summed E-state index contributed by atoms with van der Waals surface area (Å²) in [7, 11) is 0. The Morgan fingerprint density at radius 3 is 2.52 bits per heavy atom. The van der Waals surface area contributed by atoms with Crippen molar-refractivity contribution in [2.75, 3.05) is 26.2 Å². The van der Waals surface area contributed by atoms with E-state index >= 15 is 0 Å². The van der Waals surface area contributed by atoms with Crippen molar-refractivity contribution in [2.24, 2.45) is 11.1 Å². The van der Waals surface area contributed by atoms with Crippen LogP contribution >= 0.6 is 0 Å². The molecule has 4 heteroatoms. The normalized spacial score (nSPS) is 16.6. The van der Waals surface area contributed by atoms with Gasteiger partial charge in [-0.1, -0.05) is 44.2 Å². The van der Waals surface area contributed by atoms with E-state index in [0.717, 1.165) is 45.4 Å². The third kappa shape index (κ3) is 5.33. The number of likely N-dealkylation sites (tertiary alicyclic amines) is 1. The molecular weight excluding hydrogens is 288 g/mol. The molecule has 4 nitrogen and oxygen atoms in total. The maximum atomic E-state index is 12.9. The highest BCUT2D eigenvalue weighted by atomic mass is 16.5. The van der Waals surface area contributed by atoms with Crippen LogP contribution in [0.5, 0.6) is 0 Å². The predicted octanol–water partition coefficient (Wildman–Crippen LogP) is 2.61. The molecule has 2 rings (SSSR count). The van der Waals surface area contributed by atoms with Gasteiger partial charge in [-0.15, -0.1) is 0 Å². The molecule has 1 aliphatic rings. The summed E-state index contributed by atoms with van der Waals surface area (Å²) in [6, 6.07) is 10.2. The zero-order valence-corrected chi connectivity index (χ0v) is 14.5. The van der Waals surface area contributed by atoms with Crippen LogP contribution in [0.15, 0.2) is 30.3 Å². The first-order chi connectivity index (χ1) is 11.0. The average Bonchev–Trinajstić information content (AvgIpc) is 2.55. The van der Waals surface area contributed by atoms with Crippen LogP contribution in [0.2, 0.25) is 0 Å². The van der Waals surface area contributed by atoms with Crippen LogP contribution in [0.25, 0.3) is 0 Å². The summed E-state index contributed by atoms with van der Waals surface area (Å²) < 4.78 is 5.81. The average molecular weight is 318 g/mol. The maximum absolute atomic E-state index is 12.9. The lowest BCUT2D eigenvalue weighted by Crippen LogP contribution is -2.47. The number of nitrogens with two attached hydrogens (primary N) is 1. The first-order valence-corrected chi connectivity index (χ1v) is 8.68. The van der Waals surface area contributed by atoms with Crippen molar-refractivity contribution in [1.82, 2.24) is 4.90 Å². The van der Waals surface area contributed by atoms with Crippen molar-refractivity contribution < 1.29 is 9.53 Å². The Labute approximate surface area is 140 Å². The van der Waals surface area contributed by atoms with Crippen LogP contribution in [-0.2, 0) is 16.0 Å². The number of nitrogens with zero attached hydrogens (tertiary/aromatic N) is 1. The van der Waals surface area contributed by atoms with Gasteiger partial charge in [0.2, 0.25) is 5.91 Å². The smallest absolute Gasteiger partial charge is 0.228 e. The summed E-state index contributed by atoms with van der Waals surface area (Å²) >= 11 is 0. The number of rotatable bonds is 7. The Morgan fingerprint density at radius 1 is 1.26 bits per heavy atom. The number of benzene rings is 1. The molecule has 0 atom stereocenters. The molecule has 0 unspecified atom stereocenters. The minimum absolute atomic E-state index is 0.252. The van der Waals surface area contributed by atoms with Crippen LogP contribution in [-0.4, -0.2) is 43.2 Å². The van der Waals surface area contributed by atoms with Gasteiger partial charge in [0.1, 0.15) is 0 Å². The van der Waals surface area contributed by atoms with Gasteiger partial charge in [-0.2, -0.15) is 0 Å². The van der Waals surface area contributed by atoms with Gasteiger partial charge in [0, 0.05) is 25.1 Å². The highest BCUT2D eigenvalue weighted by Gasteiger charge is 2.34. The molecule has 0 aromatic heterocycles. The van der Waals surface area contributed by atoms with Crippen molar-refractivity contribution in [3.05, 3.63) is 35.9 Å². The minimum Gasteiger partial charge on any atom is -0.378 e. The van der Waals surface area contributed by atoms with Crippen molar-refractivity contribution in [1.29, 1.82) is 0 Å². The molecule has 1 saturated heterocycles. The Bertz CT molecular complexity index is 479. The number of piperidine rings is 1.